The summed E-state index contributed by atoms with van der Waals surface area (Å²) >= 11 is 0.802. The van der Waals surface area contributed by atoms with Gasteiger partial charge in [0.2, 0.25) is 5.43 Å². The van der Waals surface area contributed by atoms with E-state index in [9.17, 15) is 37.8 Å². The van der Waals surface area contributed by atoms with E-state index in [0.717, 1.165) is 22.9 Å². The fraction of sp³-hybridized carbons (Fsp3) is 0.321. The number of aliphatic hydroxyl groups excluding tert-OH is 1. The van der Waals surface area contributed by atoms with Crippen LogP contribution in [-0.2, 0) is 12.6 Å². The number of aromatic amines is 1. The Morgan fingerprint density at radius 3 is 2.55 bits per heavy atom. The number of carboxylic acids is 1. The zero-order valence-electron chi connectivity index (χ0n) is 22.8. The molecule has 4 rings (SSSR count). The number of hydrogen-bond acceptors (Lipinski definition) is 7. The van der Waals surface area contributed by atoms with E-state index in [-0.39, 0.29) is 29.2 Å². The van der Waals surface area contributed by atoms with Gasteiger partial charge in [0.1, 0.15) is 16.4 Å². The number of nitrogens with zero attached hydrogens (tertiary/aromatic N) is 2. The summed E-state index contributed by atoms with van der Waals surface area (Å²) in [5, 5.41) is 26.1. The van der Waals surface area contributed by atoms with Crippen molar-refractivity contribution in [3.63, 3.8) is 0 Å². The summed E-state index contributed by atoms with van der Waals surface area (Å²) in [7, 11) is 0. The number of aliphatic hydroxyl groups is 1. The molecule has 0 aliphatic carbocycles. The number of aromatic nitrogens is 3. The highest BCUT2D eigenvalue weighted by molar-refractivity contribution is 7.13. The number of nitrogens with one attached hydrogen (secondary N) is 3. The number of amides is 2. The van der Waals surface area contributed by atoms with Crippen molar-refractivity contribution in [2.24, 2.45) is 5.41 Å². The van der Waals surface area contributed by atoms with Crippen molar-refractivity contribution < 1.29 is 33.0 Å². The van der Waals surface area contributed by atoms with Crippen LogP contribution in [0.25, 0.3) is 21.5 Å². The van der Waals surface area contributed by atoms with Gasteiger partial charge in [0.25, 0.3) is 0 Å². The van der Waals surface area contributed by atoms with E-state index in [4.69, 9.17) is 0 Å². The van der Waals surface area contributed by atoms with Crippen LogP contribution in [0.5, 0.6) is 0 Å². The number of carbonyl (C=O) groups is 2. The number of anilines is 1. The molecule has 3 aromatic heterocycles. The molecule has 14 heteroatoms. The van der Waals surface area contributed by atoms with Crippen molar-refractivity contribution in [2.45, 2.75) is 39.3 Å². The Morgan fingerprint density at radius 1 is 1.19 bits per heavy atom. The van der Waals surface area contributed by atoms with E-state index >= 15 is 0 Å². The molecular formula is C28H28F3N5O5S. The molecule has 0 unspecified atom stereocenters. The number of hydrogen-bond donors (Lipinski definition) is 5. The number of aromatic carboxylic acids is 1. The Labute approximate surface area is 241 Å². The molecule has 222 valence electrons. The molecule has 0 radical (unpaired) electrons. The van der Waals surface area contributed by atoms with Gasteiger partial charge in [-0.3, -0.25) is 10.1 Å². The highest BCUT2D eigenvalue weighted by Gasteiger charge is 2.35. The van der Waals surface area contributed by atoms with Crippen LogP contribution in [0, 0.1) is 5.41 Å². The van der Waals surface area contributed by atoms with Gasteiger partial charge in [0, 0.05) is 46.7 Å². The van der Waals surface area contributed by atoms with Crippen LogP contribution >= 0.6 is 11.3 Å². The number of pyridine rings is 2. The second kappa shape index (κ2) is 11.9. The minimum absolute atomic E-state index is 0.0773. The number of benzene rings is 1. The van der Waals surface area contributed by atoms with Crippen LogP contribution < -0.4 is 16.1 Å². The molecule has 1 aromatic carbocycles. The third kappa shape index (κ3) is 6.44. The highest BCUT2D eigenvalue weighted by Crippen LogP contribution is 2.42. The van der Waals surface area contributed by atoms with E-state index in [2.05, 4.69) is 25.6 Å². The Bertz CT molecular complexity index is 1700. The SMILES string of the molecule is CCNC(=O)Nc1cc(-c2nc(C(F)(F)F)cs2)c(CC(C)(C)[C@H](CO)c2ccc3[nH]cc(C(=O)O)c(=O)c3c2)cn1. The number of H-pyrrole nitrogens is 1. The molecule has 0 bridgehead atoms. The van der Waals surface area contributed by atoms with Crippen LogP contribution in [-0.4, -0.2) is 50.3 Å². The normalized spacial score (nSPS) is 12.7. The van der Waals surface area contributed by atoms with Gasteiger partial charge < -0.3 is 20.5 Å². The largest absolute Gasteiger partial charge is 0.477 e. The van der Waals surface area contributed by atoms with Gasteiger partial charge in [-0.1, -0.05) is 19.9 Å². The van der Waals surface area contributed by atoms with Crippen LogP contribution in [0.15, 0.2) is 46.8 Å². The number of halogens is 3. The number of fused-ring (bicyclic) bond motifs is 1. The maximum atomic E-state index is 13.4. The quantitative estimate of drug-likeness (QED) is 0.175. The van der Waals surface area contributed by atoms with Gasteiger partial charge in [0.05, 0.1) is 6.61 Å². The van der Waals surface area contributed by atoms with Gasteiger partial charge in [-0.15, -0.1) is 11.3 Å². The van der Waals surface area contributed by atoms with E-state index in [1.165, 1.54) is 18.3 Å². The average molecular weight is 604 g/mol. The summed E-state index contributed by atoms with van der Waals surface area (Å²) in [6.07, 6.45) is -1.85. The summed E-state index contributed by atoms with van der Waals surface area (Å²) in [5.74, 6) is -1.83. The first-order valence-corrected chi connectivity index (χ1v) is 13.7. The summed E-state index contributed by atoms with van der Waals surface area (Å²) in [6, 6.07) is 5.81. The van der Waals surface area contributed by atoms with Crippen LogP contribution in [0.1, 0.15) is 53.9 Å². The van der Waals surface area contributed by atoms with Crippen molar-refractivity contribution in [3.05, 3.63) is 74.6 Å². The smallest absolute Gasteiger partial charge is 0.434 e. The van der Waals surface area contributed by atoms with Crippen LogP contribution in [0.2, 0.25) is 0 Å². The monoisotopic (exact) mass is 603 g/mol. The standard InChI is InChI=1S/C28H28F3N5O5S/c1-4-32-26(41)36-22-8-16(24-35-21(13-42-24)28(29,30)31)15(10-34-22)9-27(2,3)19(12-37)14-5-6-20-17(7-14)23(38)18(11-33-20)25(39)40/h5-8,10-11,13,19,37H,4,9,12H2,1-3H3,(H,33,38)(H,39,40)(H2,32,34,36,41)/t19-/m1/s1. The van der Waals surface area contributed by atoms with Crippen molar-refractivity contribution in [1.82, 2.24) is 20.3 Å². The molecule has 3 heterocycles. The van der Waals surface area contributed by atoms with Gasteiger partial charge in [0.15, 0.2) is 5.69 Å². The fourth-order valence-electron chi connectivity index (χ4n) is 4.77. The predicted molar refractivity (Wildman–Crippen MR) is 152 cm³/mol. The number of carbonyl (C=O) groups excluding carboxylic acids is 1. The van der Waals surface area contributed by atoms with Crippen molar-refractivity contribution in [1.29, 1.82) is 0 Å². The first-order valence-electron chi connectivity index (χ1n) is 12.8. The van der Waals surface area contributed by atoms with Crippen molar-refractivity contribution >= 4 is 40.1 Å². The number of alkyl halides is 3. The van der Waals surface area contributed by atoms with E-state index in [1.54, 1.807) is 19.1 Å². The van der Waals surface area contributed by atoms with Crippen molar-refractivity contribution in [2.75, 3.05) is 18.5 Å². The van der Waals surface area contributed by atoms with Crippen molar-refractivity contribution in [3.8, 4) is 10.6 Å². The molecule has 0 saturated heterocycles. The topological polar surface area (TPSA) is 157 Å². The molecule has 0 aliphatic rings. The number of urea groups is 1. The lowest BCUT2D eigenvalue weighted by molar-refractivity contribution is -0.140. The van der Waals surface area contributed by atoms with Gasteiger partial charge >= 0.3 is 18.2 Å². The second-order valence-corrected chi connectivity index (χ2v) is 11.1. The first kappa shape index (κ1) is 30.7. The summed E-state index contributed by atoms with van der Waals surface area (Å²) in [4.78, 5) is 47.2. The maximum Gasteiger partial charge on any atom is 0.434 e. The van der Waals surface area contributed by atoms with Gasteiger partial charge in [-0.05, 0) is 48.1 Å². The van der Waals surface area contributed by atoms with Crippen LogP contribution in [0.4, 0.5) is 23.8 Å². The highest BCUT2D eigenvalue weighted by atomic mass is 32.1. The molecule has 0 saturated carbocycles. The lowest BCUT2D eigenvalue weighted by Crippen LogP contribution is -2.29. The molecule has 4 aromatic rings. The summed E-state index contributed by atoms with van der Waals surface area (Å²) < 4.78 is 40.1. The third-order valence-electron chi connectivity index (χ3n) is 6.90. The Balaban J connectivity index is 1.75. The van der Waals surface area contributed by atoms with Gasteiger partial charge in [-0.2, -0.15) is 13.2 Å². The Kier molecular flexibility index (Phi) is 8.68. The summed E-state index contributed by atoms with van der Waals surface area (Å²) in [6.45, 7) is 5.44. The third-order valence-corrected chi connectivity index (χ3v) is 7.78. The average Bonchev–Trinajstić information content (AvgIpc) is 3.41. The van der Waals surface area contributed by atoms with Gasteiger partial charge in [-0.25, -0.2) is 19.6 Å². The summed E-state index contributed by atoms with van der Waals surface area (Å²) in [5.41, 5.74) is -1.03. The second-order valence-electron chi connectivity index (χ2n) is 10.3. The predicted octanol–water partition coefficient (Wildman–Crippen LogP) is 5.25. The van der Waals surface area contributed by atoms with E-state index in [0.29, 0.717) is 28.8 Å². The molecule has 10 nitrogen and oxygen atoms in total. The molecule has 42 heavy (non-hydrogen) atoms. The van der Waals surface area contributed by atoms with E-state index < -0.39 is 46.2 Å². The minimum Gasteiger partial charge on any atom is -0.477 e. The lowest BCUT2D eigenvalue weighted by atomic mass is 9.71. The molecule has 5 N–H and O–H groups in total. The maximum absolute atomic E-state index is 13.4. The number of rotatable bonds is 9. The minimum atomic E-state index is -4.64. The Hall–Kier alpha value is -4.30. The molecule has 1 atom stereocenters. The first-order chi connectivity index (χ1) is 19.7. The number of thiazole rings is 1. The molecule has 0 aliphatic heterocycles. The van der Waals surface area contributed by atoms with E-state index in [1.807, 2.05) is 13.8 Å². The zero-order chi connectivity index (χ0) is 30.8. The lowest BCUT2D eigenvalue weighted by Gasteiger charge is -2.34. The van der Waals surface area contributed by atoms with Crippen LogP contribution in [0.3, 0.4) is 0 Å². The molecule has 0 fully saturated rings. The number of carboxylic acid groups (broad SMARTS) is 1. The Morgan fingerprint density at radius 2 is 1.93 bits per heavy atom. The molecule has 2 amide bonds. The molecule has 0 spiro atoms. The zero-order valence-corrected chi connectivity index (χ0v) is 23.6. The molecular weight excluding hydrogens is 575 g/mol. The fourth-order valence-corrected chi connectivity index (χ4v) is 5.65.